The van der Waals surface area contributed by atoms with Gasteiger partial charge in [0, 0.05) is 25.5 Å². The summed E-state index contributed by atoms with van der Waals surface area (Å²) in [4.78, 5) is 14.8. The number of halogens is 2. The van der Waals surface area contributed by atoms with Crippen molar-refractivity contribution in [2.24, 2.45) is 0 Å². The molecule has 1 unspecified atom stereocenters. The van der Waals surface area contributed by atoms with E-state index in [1.54, 1.807) is 0 Å². The summed E-state index contributed by atoms with van der Waals surface area (Å²) in [5.74, 6) is 0.0386. The molecule has 0 aliphatic carbocycles. The second-order valence-electron chi connectivity index (χ2n) is 5.24. The molecule has 108 valence electrons. The number of carbonyl (C=O) groups excluding carboxylic acids is 1. The van der Waals surface area contributed by atoms with E-state index in [-0.39, 0.29) is 11.9 Å². The van der Waals surface area contributed by atoms with Gasteiger partial charge in [-0.1, -0.05) is 15.9 Å². The number of anilines is 2. The van der Waals surface area contributed by atoms with Crippen LogP contribution in [0.25, 0.3) is 0 Å². The monoisotopic (exact) mass is 456 g/mol. The van der Waals surface area contributed by atoms with Crippen LogP contribution in [0.5, 0.6) is 0 Å². The first-order valence-electron chi connectivity index (χ1n) is 6.64. The number of rotatable bonds is 1. The van der Waals surface area contributed by atoms with Crippen LogP contribution in [-0.4, -0.2) is 11.9 Å². The molecule has 21 heavy (non-hydrogen) atoms. The predicted octanol–water partition coefficient (Wildman–Crippen LogP) is 4.23. The lowest BCUT2D eigenvalue weighted by Crippen LogP contribution is -2.36. The average molecular weight is 457 g/mol. The summed E-state index contributed by atoms with van der Waals surface area (Å²) in [6.45, 7) is 2.07. The topological polar surface area (TPSA) is 46.3 Å². The molecule has 1 amide bonds. The highest BCUT2D eigenvalue weighted by Gasteiger charge is 2.32. The molecule has 2 aromatic carbocycles. The minimum atomic E-state index is 0.0386. The van der Waals surface area contributed by atoms with E-state index in [1.807, 2.05) is 41.3 Å². The highest BCUT2D eigenvalue weighted by Crippen LogP contribution is 2.35. The molecule has 2 aromatic rings. The van der Waals surface area contributed by atoms with Gasteiger partial charge in [-0.2, -0.15) is 0 Å². The summed E-state index contributed by atoms with van der Waals surface area (Å²) in [6, 6.07) is 11.7. The Bertz CT molecular complexity index is 732. The first-order valence-corrected chi connectivity index (χ1v) is 8.51. The van der Waals surface area contributed by atoms with E-state index in [2.05, 4.69) is 45.4 Å². The first kappa shape index (κ1) is 14.8. The zero-order valence-electron chi connectivity index (χ0n) is 11.4. The number of nitrogen functional groups attached to an aromatic ring is 1. The van der Waals surface area contributed by atoms with Crippen molar-refractivity contribution in [3.63, 3.8) is 0 Å². The van der Waals surface area contributed by atoms with E-state index >= 15 is 0 Å². The molecule has 0 fully saturated rings. The molecule has 0 aromatic heterocycles. The Morgan fingerprint density at radius 2 is 2.10 bits per heavy atom. The average Bonchev–Trinajstić information content (AvgIpc) is 2.75. The Balaban J connectivity index is 2.05. The fourth-order valence-electron chi connectivity index (χ4n) is 2.75. The molecule has 1 atom stereocenters. The normalized spacial score (nSPS) is 16.9. The molecule has 1 heterocycles. The lowest BCUT2D eigenvalue weighted by atomic mass is 10.1. The Labute approximate surface area is 145 Å². The molecule has 0 bridgehead atoms. The lowest BCUT2D eigenvalue weighted by Gasteiger charge is -2.23. The number of nitrogens with zero attached hydrogens (tertiary/aromatic N) is 1. The molecular weight excluding hydrogens is 443 g/mol. The number of nitrogens with two attached hydrogens (primary N) is 1. The van der Waals surface area contributed by atoms with Crippen molar-refractivity contribution in [2.45, 2.75) is 19.4 Å². The van der Waals surface area contributed by atoms with Gasteiger partial charge < -0.3 is 10.6 Å². The zero-order chi connectivity index (χ0) is 15.1. The molecule has 2 N–H and O–H groups in total. The number of benzene rings is 2. The largest absolute Gasteiger partial charge is 0.399 e. The van der Waals surface area contributed by atoms with Gasteiger partial charge in [-0.05, 0) is 77.9 Å². The van der Waals surface area contributed by atoms with Crippen LogP contribution in [0.15, 0.2) is 40.9 Å². The molecule has 0 radical (unpaired) electrons. The molecule has 0 saturated heterocycles. The maximum absolute atomic E-state index is 12.9. The summed E-state index contributed by atoms with van der Waals surface area (Å²) < 4.78 is 1.87. The van der Waals surface area contributed by atoms with Crippen molar-refractivity contribution in [3.8, 4) is 0 Å². The number of hydrogen-bond acceptors (Lipinski definition) is 2. The highest BCUT2D eigenvalue weighted by molar-refractivity contribution is 14.1. The molecule has 1 aliphatic rings. The minimum Gasteiger partial charge on any atom is -0.399 e. The van der Waals surface area contributed by atoms with Crippen LogP contribution in [-0.2, 0) is 6.42 Å². The molecule has 3 rings (SSSR count). The van der Waals surface area contributed by atoms with Gasteiger partial charge in [-0.3, -0.25) is 4.79 Å². The quantitative estimate of drug-likeness (QED) is 0.515. The minimum absolute atomic E-state index is 0.0386. The Morgan fingerprint density at radius 3 is 2.86 bits per heavy atom. The summed E-state index contributed by atoms with van der Waals surface area (Å²) >= 11 is 5.64. The summed E-state index contributed by atoms with van der Waals surface area (Å²) in [6.07, 6.45) is 0.844. The zero-order valence-corrected chi connectivity index (χ0v) is 15.2. The van der Waals surface area contributed by atoms with Gasteiger partial charge in [0.15, 0.2) is 0 Å². The van der Waals surface area contributed by atoms with Gasteiger partial charge >= 0.3 is 0 Å². The highest BCUT2D eigenvalue weighted by atomic mass is 127. The van der Waals surface area contributed by atoms with E-state index in [1.165, 1.54) is 0 Å². The van der Waals surface area contributed by atoms with Crippen LogP contribution in [0, 0.1) is 3.57 Å². The van der Waals surface area contributed by atoms with Crippen LogP contribution >= 0.6 is 38.5 Å². The van der Waals surface area contributed by atoms with Crippen molar-refractivity contribution in [2.75, 3.05) is 10.6 Å². The standard InChI is InChI=1S/C16H14BrIN2O/c1-9-6-10-7-12(19)3-5-15(10)20(9)16(21)13-8-11(17)2-4-14(13)18/h2-5,7-9H,6,19H2,1H3. The second kappa shape index (κ2) is 5.61. The van der Waals surface area contributed by atoms with E-state index in [4.69, 9.17) is 5.73 Å². The van der Waals surface area contributed by atoms with Crippen molar-refractivity contribution in [3.05, 3.63) is 55.6 Å². The Kier molecular flexibility index (Phi) is 3.96. The third kappa shape index (κ3) is 2.68. The maximum atomic E-state index is 12.9. The van der Waals surface area contributed by atoms with Gasteiger partial charge in [0.2, 0.25) is 0 Å². The Morgan fingerprint density at radius 1 is 1.33 bits per heavy atom. The molecule has 5 heteroatoms. The molecule has 0 saturated carbocycles. The number of fused-ring (bicyclic) bond motifs is 1. The van der Waals surface area contributed by atoms with Crippen LogP contribution in [0.2, 0.25) is 0 Å². The number of hydrogen-bond donors (Lipinski definition) is 1. The van der Waals surface area contributed by atoms with Crippen LogP contribution < -0.4 is 10.6 Å². The Hall–Kier alpha value is -1.08. The first-order chi connectivity index (χ1) is 9.97. The molecular formula is C16H14BrIN2O. The molecule has 3 nitrogen and oxygen atoms in total. The van der Waals surface area contributed by atoms with E-state index in [9.17, 15) is 4.79 Å². The van der Waals surface area contributed by atoms with Gasteiger partial charge in [0.1, 0.15) is 0 Å². The van der Waals surface area contributed by atoms with Gasteiger partial charge in [-0.25, -0.2) is 0 Å². The van der Waals surface area contributed by atoms with Gasteiger partial charge in [-0.15, -0.1) is 0 Å². The fraction of sp³-hybridized carbons (Fsp3) is 0.188. The maximum Gasteiger partial charge on any atom is 0.259 e. The van der Waals surface area contributed by atoms with Crippen LogP contribution in [0.1, 0.15) is 22.8 Å². The van der Waals surface area contributed by atoms with Crippen molar-refractivity contribution in [1.82, 2.24) is 0 Å². The SMILES string of the molecule is CC1Cc2cc(N)ccc2N1C(=O)c1cc(Br)ccc1I. The fourth-order valence-corrected chi connectivity index (χ4v) is 3.68. The summed E-state index contributed by atoms with van der Waals surface area (Å²) in [5, 5.41) is 0. The van der Waals surface area contributed by atoms with Crippen molar-refractivity contribution < 1.29 is 4.79 Å². The van der Waals surface area contributed by atoms with Crippen molar-refractivity contribution in [1.29, 1.82) is 0 Å². The van der Waals surface area contributed by atoms with E-state index in [0.717, 1.165) is 37.0 Å². The second-order valence-corrected chi connectivity index (χ2v) is 7.32. The smallest absolute Gasteiger partial charge is 0.259 e. The predicted molar refractivity (Wildman–Crippen MR) is 97.7 cm³/mol. The van der Waals surface area contributed by atoms with Crippen LogP contribution in [0.4, 0.5) is 11.4 Å². The van der Waals surface area contributed by atoms with Crippen LogP contribution in [0.3, 0.4) is 0 Å². The van der Waals surface area contributed by atoms with Gasteiger partial charge in [0.05, 0.1) is 5.56 Å². The number of carbonyl (C=O) groups is 1. The van der Waals surface area contributed by atoms with E-state index < -0.39 is 0 Å². The number of amides is 1. The van der Waals surface area contributed by atoms with E-state index in [0.29, 0.717) is 0 Å². The summed E-state index contributed by atoms with van der Waals surface area (Å²) in [5.41, 5.74) is 9.42. The van der Waals surface area contributed by atoms with Crippen molar-refractivity contribution >= 4 is 55.8 Å². The third-order valence-electron chi connectivity index (χ3n) is 3.70. The lowest BCUT2D eigenvalue weighted by molar-refractivity contribution is 0.0980. The third-order valence-corrected chi connectivity index (χ3v) is 5.13. The molecule has 1 aliphatic heterocycles. The summed E-state index contributed by atoms with van der Waals surface area (Å²) in [7, 11) is 0. The van der Waals surface area contributed by atoms with Gasteiger partial charge in [0.25, 0.3) is 5.91 Å². The molecule has 0 spiro atoms.